The smallest absolute Gasteiger partial charge is 0.313 e. The second-order valence-electron chi connectivity index (χ2n) is 5.06. The molecule has 2 unspecified atom stereocenters. The molecule has 1 saturated carbocycles. The number of phenolic OH excluding ortho intramolecular Hbond substituents is 1. The van der Waals surface area contributed by atoms with Crippen LogP contribution in [0.2, 0.25) is 0 Å². The van der Waals surface area contributed by atoms with Crippen molar-refractivity contribution in [2.24, 2.45) is 11.3 Å². The van der Waals surface area contributed by atoms with Gasteiger partial charge in [0.25, 0.3) is 0 Å². The Balaban J connectivity index is 2.29. The third-order valence-electron chi connectivity index (χ3n) is 3.65. The first-order valence-electron chi connectivity index (χ1n) is 6.38. The third kappa shape index (κ3) is 3.08. The number of carboxylic acids is 1. The molecule has 1 aromatic carbocycles. The fraction of sp³-hybridized carbons (Fsp3) is 0.429. The highest BCUT2D eigenvalue weighted by Crippen LogP contribution is 2.56. The Kier molecular flexibility index (Phi) is 4.63. The Hall–Kier alpha value is -1.08. The number of ether oxygens (including phenoxy) is 1. The lowest BCUT2D eigenvalue weighted by molar-refractivity contribution is -0.153. The van der Waals surface area contributed by atoms with Gasteiger partial charge < -0.3 is 14.9 Å². The van der Waals surface area contributed by atoms with Crippen molar-refractivity contribution in [3.05, 3.63) is 26.6 Å². The molecular weight excluding hydrogens is 408 g/mol. The lowest BCUT2D eigenvalue weighted by Crippen LogP contribution is -2.26. The van der Waals surface area contributed by atoms with Crippen LogP contribution in [0.1, 0.15) is 18.9 Å². The zero-order valence-electron chi connectivity index (χ0n) is 11.2. The average Bonchev–Trinajstić information content (AvgIpc) is 3.12. The van der Waals surface area contributed by atoms with Crippen LogP contribution < -0.4 is 0 Å². The van der Waals surface area contributed by atoms with E-state index in [0.29, 0.717) is 8.95 Å². The van der Waals surface area contributed by atoms with Gasteiger partial charge in [0.15, 0.2) is 0 Å². The van der Waals surface area contributed by atoms with Gasteiger partial charge in [0.05, 0.1) is 26.9 Å². The molecule has 0 bridgehead atoms. The lowest BCUT2D eigenvalue weighted by atomic mass is 9.93. The molecule has 2 atom stereocenters. The van der Waals surface area contributed by atoms with Crippen molar-refractivity contribution in [1.82, 2.24) is 0 Å². The molecule has 1 aliphatic rings. The zero-order chi connectivity index (χ0) is 15.8. The molecule has 2 rings (SSSR count). The van der Waals surface area contributed by atoms with Crippen molar-refractivity contribution in [2.75, 3.05) is 6.61 Å². The maximum Gasteiger partial charge on any atom is 0.313 e. The fourth-order valence-electron chi connectivity index (χ4n) is 2.48. The van der Waals surface area contributed by atoms with Crippen LogP contribution in [0.4, 0.5) is 0 Å². The topological polar surface area (TPSA) is 83.8 Å². The molecule has 7 heteroatoms. The van der Waals surface area contributed by atoms with Gasteiger partial charge in [-0.3, -0.25) is 9.59 Å². The molecule has 1 aromatic rings. The van der Waals surface area contributed by atoms with Crippen LogP contribution in [0.15, 0.2) is 21.1 Å². The summed E-state index contributed by atoms with van der Waals surface area (Å²) in [5.74, 6) is -2.12. The summed E-state index contributed by atoms with van der Waals surface area (Å²) in [6.07, 6.45) is 0.539. The van der Waals surface area contributed by atoms with E-state index >= 15 is 0 Å². The van der Waals surface area contributed by atoms with E-state index in [1.807, 2.05) is 0 Å². The van der Waals surface area contributed by atoms with Crippen LogP contribution in [0.5, 0.6) is 5.75 Å². The summed E-state index contributed by atoms with van der Waals surface area (Å²) in [5.41, 5.74) is -0.249. The zero-order valence-corrected chi connectivity index (χ0v) is 14.4. The first kappa shape index (κ1) is 16.3. The first-order chi connectivity index (χ1) is 9.81. The Morgan fingerprint density at radius 1 is 1.38 bits per heavy atom. The molecular formula is C14H14Br2O5. The number of carboxylic acid groups (broad SMARTS) is 1. The number of aromatic hydroxyl groups is 1. The van der Waals surface area contributed by atoms with E-state index in [4.69, 9.17) is 4.74 Å². The second kappa shape index (κ2) is 5.96. The molecule has 0 heterocycles. The van der Waals surface area contributed by atoms with E-state index in [-0.39, 0.29) is 25.2 Å². The predicted molar refractivity (Wildman–Crippen MR) is 82.0 cm³/mol. The molecule has 0 aromatic heterocycles. The number of aliphatic carboxylic acids is 1. The SMILES string of the molecule is CCOC(=O)C1(Cc2cc(Br)c(O)c(Br)c2)CC1C(=O)O. The normalized spacial score (nSPS) is 23.7. The maximum atomic E-state index is 12.1. The Morgan fingerprint density at radius 3 is 2.38 bits per heavy atom. The molecule has 21 heavy (non-hydrogen) atoms. The van der Waals surface area contributed by atoms with Gasteiger partial charge in [0, 0.05) is 0 Å². The summed E-state index contributed by atoms with van der Waals surface area (Å²) in [5, 5.41) is 18.9. The molecule has 0 aliphatic heterocycles. The van der Waals surface area contributed by atoms with Gasteiger partial charge in [0.2, 0.25) is 0 Å². The predicted octanol–water partition coefficient (Wildman–Crippen LogP) is 3.11. The maximum absolute atomic E-state index is 12.1. The van der Waals surface area contributed by atoms with Crippen molar-refractivity contribution in [3.63, 3.8) is 0 Å². The third-order valence-corrected chi connectivity index (χ3v) is 4.86. The van der Waals surface area contributed by atoms with Gasteiger partial charge in [-0.2, -0.15) is 0 Å². The van der Waals surface area contributed by atoms with Gasteiger partial charge in [0.1, 0.15) is 5.75 Å². The number of halogens is 2. The van der Waals surface area contributed by atoms with Gasteiger partial charge in [-0.25, -0.2) is 0 Å². The highest BCUT2D eigenvalue weighted by molar-refractivity contribution is 9.11. The molecule has 114 valence electrons. The van der Waals surface area contributed by atoms with E-state index in [9.17, 15) is 19.8 Å². The van der Waals surface area contributed by atoms with Crippen molar-refractivity contribution in [3.8, 4) is 5.75 Å². The van der Waals surface area contributed by atoms with Crippen LogP contribution >= 0.6 is 31.9 Å². The minimum Gasteiger partial charge on any atom is -0.506 e. The number of benzene rings is 1. The largest absolute Gasteiger partial charge is 0.506 e. The fourth-order valence-corrected chi connectivity index (χ4v) is 3.76. The quantitative estimate of drug-likeness (QED) is 0.713. The van der Waals surface area contributed by atoms with E-state index in [2.05, 4.69) is 31.9 Å². The van der Waals surface area contributed by atoms with Gasteiger partial charge in [-0.15, -0.1) is 0 Å². The minimum absolute atomic E-state index is 0.0644. The van der Waals surface area contributed by atoms with Crippen molar-refractivity contribution >= 4 is 43.8 Å². The van der Waals surface area contributed by atoms with Crippen molar-refractivity contribution < 1.29 is 24.5 Å². The highest BCUT2D eigenvalue weighted by Gasteiger charge is 2.64. The summed E-state index contributed by atoms with van der Waals surface area (Å²) < 4.78 is 6.00. The molecule has 0 saturated heterocycles. The van der Waals surface area contributed by atoms with Crippen molar-refractivity contribution in [2.45, 2.75) is 19.8 Å². The Bertz CT molecular complexity index is 578. The summed E-state index contributed by atoms with van der Waals surface area (Å²) in [4.78, 5) is 23.3. The molecule has 2 N–H and O–H groups in total. The van der Waals surface area contributed by atoms with Crippen LogP contribution in [0.25, 0.3) is 0 Å². The number of carbonyl (C=O) groups is 2. The van der Waals surface area contributed by atoms with Gasteiger partial charge >= 0.3 is 11.9 Å². The molecule has 0 spiro atoms. The number of phenols is 1. The van der Waals surface area contributed by atoms with E-state index < -0.39 is 23.3 Å². The number of carbonyl (C=O) groups excluding carboxylic acids is 1. The van der Waals surface area contributed by atoms with Crippen LogP contribution in [0, 0.1) is 11.3 Å². The lowest BCUT2D eigenvalue weighted by Gasteiger charge is -2.16. The van der Waals surface area contributed by atoms with Gasteiger partial charge in [-0.05, 0) is 69.3 Å². The Morgan fingerprint density at radius 2 is 1.95 bits per heavy atom. The number of esters is 1. The van der Waals surface area contributed by atoms with Crippen LogP contribution in [-0.2, 0) is 20.7 Å². The minimum atomic E-state index is -1.00. The standard InChI is InChI=1S/C14H14Br2O5/c1-2-21-13(20)14(6-8(14)12(18)19)5-7-3-9(15)11(17)10(16)4-7/h3-4,8,17H,2,5-6H2,1H3,(H,18,19). The average molecular weight is 422 g/mol. The number of rotatable bonds is 5. The summed E-state index contributed by atoms with van der Waals surface area (Å²) in [6, 6.07) is 3.36. The first-order valence-corrected chi connectivity index (χ1v) is 7.97. The summed E-state index contributed by atoms with van der Waals surface area (Å²) in [7, 11) is 0. The Labute approximate surface area is 138 Å². The molecule has 1 fully saturated rings. The highest BCUT2D eigenvalue weighted by atomic mass is 79.9. The van der Waals surface area contributed by atoms with Crippen molar-refractivity contribution in [1.29, 1.82) is 0 Å². The monoisotopic (exact) mass is 420 g/mol. The van der Waals surface area contributed by atoms with E-state index in [1.54, 1.807) is 19.1 Å². The molecule has 1 aliphatic carbocycles. The summed E-state index contributed by atoms with van der Waals surface area (Å²) in [6.45, 7) is 1.91. The van der Waals surface area contributed by atoms with E-state index in [1.165, 1.54) is 0 Å². The summed E-state index contributed by atoms with van der Waals surface area (Å²) >= 11 is 6.45. The number of hydrogen-bond acceptors (Lipinski definition) is 4. The van der Waals surface area contributed by atoms with Gasteiger partial charge in [-0.1, -0.05) is 0 Å². The molecule has 0 radical (unpaired) electrons. The van der Waals surface area contributed by atoms with E-state index in [0.717, 1.165) is 5.56 Å². The molecule has 0 amide bonds. The van der Waals surface area contributed by atoms with Crippen LogP contribution in [-0.4, -0.2) is 28.8 Å². The second-order valence-corrected chi connectivity index (χ2v) is 6.77. The van der Waals surface area contributed by atoms with Crippen LogP contribution in [0.3, 0.4) is 0 Å². The molecule has 5 nitrogen and oxygen atoms in total. The number of hydrogen-bond donors (Lipinski definition) is 2.